The van der Waals surface area contributed by atoms with E-state index in [9.17, 15) is 9.50 Å². The summed E-state index contributed by atoms with van der Waals surface area (Å²) in [4.78, 5) is 4.56. The van der Waals surface area contributed by atoms with Crippen molar-refractivity contribution >= 4 is 22.6 Å². The number of nitrogens with zero attached hydrogens (tertiary/aromatic N) is 2. The van der Waals surface area contributed by atoms with Crippen LogP contribution in [0.25, 0.3) is 22.4 Å². The highest BCUT2D eigenvalue weighted by molar-refractivity contribution is 6.31. The maximum Gasteiger partial charge on any atom is 0.145 e. The van der Waals surface area contributed by atoms with Gasteiger partial charge in [-0.15, -0.1) is 0 Å². The lowest BCUT2D eigenvalue weighted by Crippen LogP contribution is -1.98. The third-order valence-corrected chi connectivity index (χ3v) is 4.00. The van der Waals surface area contributed by atoms with Gasteiger partial charge in [0.2, 0.25) is 0 Å². The molecule has 0 unspecified atom stereocenters. The predicted molar refractivity (Wildman–Crippen MR) is 80.1 cm³/mol. The number of aromatic nitrogens is 2. The van der Waals surface area contributed by atoms with Crippen molar-refractivity contribution in [1.82, 2.24) is 9.55 Å². The summed E-state index contributed by atoms with van der Waals surface area (Å²) < 4.78 is 15.6. The van der Waals surface area contributed by atoms with Crippen molar-refractivity contribution in [2.45, 2.75) is 18.9 Å². The Kier molecular flexibility index (Phi) is 2.69. The second kappa shape index (κ2) is 4.46. The summed E-state index contributed by atoms with van der Waals surface area (Å²) in [5, 5.41) is 10.7. The zero-order valence-electron chi connectivity index (χ0n) is 11.1. The summed E-state index contributed by atoms with van der Waals surface area (Å²) in [5.41, 5.74) is 2.13. The van der Waals surface area contributed by atoms with Crippen LogP contribution in [-0.4, -0.2) is 14.7 Å². The first kappa shape index (κ1) is 12.7. The number of halogens is 2. The van der Waals surface area contributed by atoms with Crippen LogP contribution >= 0.6 is 11.6 Å². The number of hydrogen-bond donors (Lipinski definition) is 1. The minimum Gasteiger partial charge on any atom is -0.507 e. The van der Waals surface area contributed by atoms with Crippen LogP contribution in [0.2, 0.25) is 5.02 Å². The van der Waals surface area contributed by atoms with Crippen LogP contribution < -0.4 is 0 Å². The Morgan fingerprint density at radius 3 is 2.76 bits per heavy atom. The van der Waals surface area contributed by atoms with Crippen LogP contribution in [0.3, 0.4) is 0 Å². The van der Waals surface area contributed by atoms with Gasteiger partial charge in [0.25, 0.3) is 0 Å². The average molecular weight is 303 g/mol. The van der Waals surface area contributed by atoms with Crippen molar-refractivity contribution < 1.29 is 9.50 Å². The zero-order chi connectivity index (χ0) is 14.6. The Bertz CT molecular complexity index is 855. The third kappa shape index (κ3) is 2.07. The van der Waals surface area contributed by atoms with E-state index in [1.54, 1.807) is 6.07 Å². The molecule has 1 aliphatic carbocycles. The van der Waals surface area contributed by atoms with Gasteiger partial charge in [-0.3, -0.25) is 0 Å². The molecule has 1 saturated carbocycles. The molecule has 0 spiro atoms. The summed E-state index contributed by atoms with van der Waals surface area (Å²) in [6.07, 6.45) is 2.13. The highest BCUT2D eigenvalue weighted by Gasteiger charge is 2.29. The molecule has 21 heavy (non-hydrogen) atoms. The van der Waals surface area contributed by atoms with E-state index in [1.807, 2.05) is 12.1 Å². The summed E-state index contributed by atoms with van der Waals surface area (Å²) in [6.45, 7) is 0. The normalized spacial score (nSPS) is 14.8. The summed E-state index contributed by atoms with van der Waals surface area (Å²) >= 11 is 6.02. The van der Waals surface area contributed by atoms with E-state index in [0.29, 0.717) is 22.5 Å². The second-order valence-corrected chi connectivity index (χ2v) is 5.77. The van der Waals surface area contributed by atoms with Gasteiger partial charge in [-0.1, -0.05) is 11.6 Å². The van der Waals surface area contributed by atoms with Gasteiger partial charge in [-0.05, 0) is 49.2 Å². The lowest BCUT2D eigenvalue weighted by Gasteiger charge is -2.09. The molecule has 0 radical (unpaired) electrons. The Morgan fingerprint density at radius 2 is 2.00 bits per heavy atom. The van der Waals surface area contributed by atoms with Crippen LogP contribution in [0.1, 0.15) is 18.9 Å². The minimum atomic E-state index is -0.393. The molecule has 3 nitrogen and oxygen atoms in total. The third-order valence-electron chi connectivity index (χ3n) is 3.76. The second-order valence-electron chi connectivity index (χ2n) is 5.33. The van der Waals surface area contributed by atoms with Gasteiger partial charge >= 0.3 is 0 Å². The minimum absolute atomic E-state index is 0.0275. The van der Waals surface area contributed by atoms with Crippen LogP contribution in [0, 0.1) is 5.82 Å². The highest BCUT2D eigenvalue weighted by Crippen LogP contribution is 2.43. The number of phenolic OH excluding ortho intramolecular Hbond substituents is 1. The van der Waals surface area contributed by atoms with Gasteiger partial charge in [0.15, 0.2) is 0 Å². The maximum absolute atomic E-state index is 13.5. The lowest BCUT2D eigenvalue weighted by molar-refractivity contribution is 0.474. The molecule has 1 fully saturated rings. The van der Waals surface area contributed by atoms with E-state index in [-0.39, 0.29) is 5.75 Å². The Balaban J connectivity index is 2.03. The van der Waals surface area contributed by atoms with E-state index in [1.165, 1.54) is 18.2 Å². The Hall–Kier alpha value is -2.07. The fourth-order valence-corrected chi connectivity index (χ4v) is 2.82. The highest BCUT2D eigenvalue weighted by atomic mass is 35.5. The van der Waals surface area contributed by atoms with Crippen molar-refractivity contribution in [2.24, 2.45) is 0 Å². The van der Waals surface area contributed by atoms with Crippen LogP contribution in [0.4, 0.5) is 4.39 Å². The largest absolute Gasteiger partial charge is 0.507 e. The van der Waals surface area contributed by atoms with Gasteiger partial charge in [0, 0.05) is 11.1 Å². The summed E-state index contributed by atoms with van der Waals surface area (Å²) in [5.74, 6) is 0.224. The molecule has 0 saturated heterocycles. The fourth-order valence-electron chi connectivity index (χ4n) is 2.65. The Labute approximate surface area is 125 Å². The zero-order valence-corrected chi connectivity index (χ0v) is 11.8. The topological polar surface area (TPSA) is 38.1 Å². The SMILES string of the molecule is Oc1ccc(F)cc1-c1nc2cc(Cl)ccc2n1C1CC1. The molecule has 0 atom stereocenters. The number of phenols is 1. The van der Waals surface area contributed by atoms with Crippen molar-refractivity contribution in [3.05, 3.63) is 47.2 Å². The maximum atomic E-state index is 13.5. The monoisotopic (exact) mass is 302 g/mol. The molecular weight excluding hydrogens is 291 g/mol. The van der Waals surface area contributed by atoms with Gasteiger partial charge in [-0.2, -0.15) is 0 Å². The predicted octanol–water partition coefficient (Wildman–Crippen LogP) is 4.54. The number of aromatic hydroxyl groups is 1. The van der Waals surface area contributed by atoms with E-state index in [0.717, 1.165) is 23.9 Å². The van der Waals surface area contributed by atoms with Crippen molar-refractivity contribution in [3.63, 3.8) is 0 Å². The van der Waals surface area contributed by atoms with Crippen LogP contribution in [-0.2, 0) is 0 Å². The number of benzene rings is 2. The quantitative estimate of drug-likeness (QED) is 0.755. The smallest absolute Gasteiger partial charge is 0.145 e. The first-order chi connectivity index (χ1) is 10.1. The molecule has 1 N–H and O–H groups in total. The number of fused-ring (bicyclic) bond motifs is 1. The van der Waals surface area contributed by atoms with Crippen LogP contribution in [0.5, 0.6) is 5.75 Å². The standard InChI is InChI=1S/C16H12ClFN2O/c17-9-1-5-14-13(7-9)19-16(20(14)11-3-4-11)12-8-10(18)2-6-15(12)21/h1-2,5-8,11,21H,3-4H2. The average Bonchev–Trinajstić information content (AvgIpc) is 3.22. The molecule has 1 aliphatic rings. The number of rotatable bonds is 2. The van der Waals surface area contributed by atoms with Crippen molar-refractivity contribution in [2.75, 3.05) is 0 Å². The van der Waals surface area contributed by atoms with E-state index in [2.05, 4.69) is 9.55 Å². The van der Waals surface area contributed by atoms with Crippen molar-refractivity contribution in [3.8, 4) is 17.1 Å². The Morgan fingerprint density at radius 1 is 1.19 bits per heavy atom. The van der Waals surface area contributed by atoms with Gasteiger partial charge in [0.1, 0.15) is 17.4 Å². The summed E-state index contributed by atoms with van der Waals surface area (Å²) in [7, 11) is 0. The van der Waals surface area contributed by atoms with Crippen molar-refractivity contribution in [1.29, 1.82) is 0 Å². The molecule has 3 aromatic rings. The molecule has 1 heterocycles. The van der Waals surface area contributed by atoms with Crippen LogP contribution in [0.15, 0.2) is 36.4 Å². The first-order valence-corrected chi connectivity index (χ1v) is 7.17. The van der Waals surface area contributed by atoms with Gasteiger partial charge in [0.05, 0.1) is 16.6 Å². The number of hydrogen-bond acceptors (Lipinski definition) is 2. The molecule has 0 bridgehead atoms. The van der Waals surface area contributed by atoms with Gasteiger partial charge in [-0.25, -0.2) is 9.37 Å². The van der Waals surface area contributed by atoms with E-state index >= 15 is 0 Å². The molecule has 0 aliphatic heterocycles. The molecule has 0 amide bonds. The molecule has 5 heteroatoms. The molecule has 106 valence electrons. The first-order valence-electron chi connectivity index (χ1n) is 6.80. The van der Waals surface area contributed by atoms with E-state index < -0.39 is 5.82 Å². The number of imidazole rings is 1. The molecule has 4 rings (SSSR count). The fraction of sp³-hybridized carbons (Fsp3) is 0.188. The molecule has 2 aromatic carbocycles. The summed E-state index contributed by atoms with van der Waals surface area (Å²) in [6, 6.07) is 9.79. The molecule has 1 aromatic heterocycles. The van der Waals surface area contributed by atoms with Gasteiger partial charge < -0.3 is 9.67 Å². The molecular formula is C16H12ClFN2O. The van der Waals surface area contributed by atoms with E-state index in [4.69, 9.17) is 11.6 Å². The lowest BCUT2D eigenvalue weighted by atomic mass is 10.2.